The Balaban J connectivity index is 1.50. The minimum Gasteiger partial charge on any atom is -0.478 e. The third-order valence-electron chi connectivity index (χ3n) is 5.69. The Bertz CT molecular complexity index is 1270. The van der Waals surface area contributed by atoms with Crippen LogP contribution in [0.2, 0.25) is 5.02 Å². The van der Waals surface area contributed by atoms with Gasteiger partial charge >= 0.3 is 12.0 Å². The van der Waals surface area contributed by atoms with E-state index in [1.807, 2.05) is 0 Å². The molecule has 182 valence electrons. The Labute approximate surface area is 209 Å². The van der Waals surface area contributed by atoms with Crippen LogP contribution in [0.25, 0.3) is 11.1 Å². The number of carbonyl (C=O) groups excluding carboxylic acids is 2. The number of halogens is 2. The fourth-order valence-electron chi connectivity index (χ4n) is 3.86. The van der Waals surface area contributed by atoms with Crippen molar-refractivity contribution < 1.29 is 28.6 Å². The molecule has 3 aromatic rings. The molecule has 0 bridgehead atoms. The number of urea groups is 1. The minimum absolute atomic E-state index is 0.0742. The smallest absolute Gasteiger partial charge is 0.337 e. The maximum atomic E-state index is 14.9. The number of methoxy groups -OCH3 is 1. The van der Waals surface area contributed by atoms with Gasteiger partial charge in [-0.2, -0.15) is 11.3 Å². The summed E-state index contributed by atoms with van der Waals surface area (Å²) in [5, 5.41) is 18.2. The summed E-state index contributed by atoms with van der Waals surface area (Å²) in [7, 11) is 1.49. The molecule has 8 nitrogen and oxygen atoms in total. The second-order valence-corrected chi connectivity index (χ2v) is 9.07. The van der Waals surface area contributed by atoms with Crippen molar-refractivity contribution in [3.63, 3.8) is 0 Å². The topological polar surface area (TPSA) is 108 Å². The van der Waals surface area contributed by atoms with E-state index in [0.29, 0.717) is 21.8 Å². The molecule has 1 aliphatic heterocycles. The average Bonchev–Trinajstić information content (AvgIpc) is 3.49. The van der Waals surface area contributed by atoms with Crippen LogP contribution >= 0.6 is 22.9 Å². The number of likely N-dealkylation sites (tertiary alicyclic amines) is 1. The van der Waals surface area contributed by atoms with Gasteiger partial charge in [0.25, 0.3) is 0 Å². The lowest BCUT2D eigenvalue weighted by Gasteiger charge is -2.24. The molecule has 2 atom stereocenters. The second kappa shape index (κ2) is 10.4. The van der Waals surface area contributed by atoms with Gasteiger partial charge in [-0.15, -0.1) is 0 Å². The highest BCUT2D eigenvalue weighted by Gasteiger charge is 2.40. The van der Waals surface area contributed by atoms with Gasteiger partial charge in [0.1, 0.15) is 11.9 Å². The lowest BCUT2D eigenvalue weighted by atomic mass is 10.0. The number of nitrogens with one attached hydrogen (secondary N) is 2. The van der Waals surface area contributed by atoms with E-state index >= 15 is 0 Å². The Morgan fingerprint density at radius 2 is 1.89 bits per heavy atom. The van der Waals surface area contributed by atoms with Crippen molar-refractivity contribution in [2.45, 2.75) is 18.6 Å². The molecule has 4 rings (SSSR count). The Morgan fingerprint density at radius 1 is 1.14 bits per heavy atom. The summed E-state index contributed by atoms with van der Waals surface area (Å²) in [6, 6.07) is 9.22. The molecule has 0 aliphatic carbocycles. The van der Waals surface area contributed by atoms with E-state index in [1.165, 1.54) is 46.9 Å². The highest BCUT2D eigenvalue weighted by molar-refractivity contribution is 7.08. The van der Waals surface area contributed by atoms with Crippen molar-refractivity contribution in [3.8, 4) is 11.1 Å². The van der Waals surface area contributed by atoms with E-state index in [1.54, 1.807) is 29.6 Å². The number of carbonyl (C=O) groups is 3. The number of thiophene rings is 1. The molecule has 1 aromatic heterocycles. The van der Waals surface area contributed by atoms with Crippen LogP contribution in [0.5, 0.6) is 0 Å². The molecular weight excluding hydrogens is 497 g/mol. The zero-order valence-corrected chi connectivity index (χ0v) is 20.0. The number of carboxylic acid groups (broad SMARTS) is 1. The van der Waals surface area contributed by atoms with Gasteiger partial charge in [0.05, 0.1) is 17.4 Å². The summed E-state index contributed by atoms with van der Waals surface area (Å²) in [6.45, 7) is 0.186. The molecule has 2 heterocycles. The van der Waals surface area contributed by atoms with Crippen LogP contribution in [0.1, 0.15) is 16.8 Å². The maximum absolute atomic E-state index is 14.9. The highest BCUT2D eigenvalue weighted by atomic mass is 35.5. The van der Waals surface area contributed by atoms with E-state index in [4.69, 9.17) is 16.3 Å². The number of ether oxygens (including phenoxy) is 1. The normalized spacial score (nSPS) is 17.3. The molecule has 1 aliphatic rings. The molecule has 3 N–H and O–H groups in total. The van der Waals surface area contributed by atoms with Gasteiger partial charge in [0, 0.05) is 41.7 Å². The predicted octanol–water partition coefficient (Wildman–Crippen LogP) is 5.17. The molecule has 1 fully saturated rings. The van der Waals surface area contributed by atoms with Crippen molar-refractivity contribution >= 4 is 52.2 Å². The van der Waals surface area contributed by atoms with Crippen LogP contribution in [-0.4, -0.2) is 53.7 Å². The lowest BCUT2D eigenvalue weighted by Crippen LogP contribution is -2.45. The Morgan fingerprint density at radius 3 is 2.54 bits per heavy atom. The third kappa shape index (κ3) is 5.45. The van der Waals surface area contributed by atoms with Crippen LogP contribution in [-0.2, 0) is 9.53 Å². The third-order valence-corrected chi connectivity index (χ3v) is 6.68. The number of hydrogen-bond acceptors (Lipinski definition) is 5. The second-order valence-electron chi connectivity index (χ2n) is 7.89. The Kier molecular flexibility index (Phi) is 7.34. The predicted molar refractivity (Wildman–Crippen MR) is 132 cm³/mol. The number of amides is 3. The van der Waals surface area contributed by atoms with Crippen molar-refractivity contribution in [2.24, 2.45) is 0 Å². The van der Waals surface area contributed by atoms with Crippen molar-refractivity contribution in [1.82, 2.24) is 4.90 Å². The van der Waals surface area contributed by atoms with Gasteiger partial charge in [-0.1, -0.05) is 17.7 Å². The SMILES string of the molecule is COC1CC(C(=O)Nc2ccc(-c3cscc3C(=O)O)cc2F)N(C(=O)Nc2ccc(Cl)cc2)C1. The van der Waals surface area contributed by atoms with E-state index in [0.717, 1.165) is 0 Å². The van der Waals surface area contributed by atoms with E-state index in [2.05, 4.69) is 10.6 Å². The van der Waals surface area contributed by atoms with E-state index in [-0.39, 0.29) is 30.3 Å². The van der Waals surface area contributed by atoms with Crippen molar-refractivity contribution in [3.05, 3.63) is 69.6 Å². The van der Waals surface area contributed by atoms with Gasteiger partial charge in [0.15, 0.2) is 0 Å². The molecule has 35 heavy (non-hydrogen) atoms. The van der Waals surface area contributed by atoms with Crippen molar-refractivity contribution in [2.75, 3.05) is 24.3 Å². The van der Waals surface area contributed by atoms with Crippen LogP contribution < -0.4 is 10.6 Å². The first kappa shape index (κ1) is 24.6. The lowest BCUT2D eigenvalue weighted by molar-refractivity contribution is -0.119. The van der Waals surface area contributed by atoms with Gasteiger partial charge < -0.3 is 25.4 Å². The largest absolute Gasteiger partial charge is 0.478 e. The van der Waals surface area contributed by atoms with Crippen molar-refractivity contribution in [1.29, 1.82) is 0 Å². The molecule has 2 unspecified atom stereocenters. The number of carboxylic acids is 1. The monoisotopic (exact) mass is 517 g/mol. The average molecular weight is 518 g/mol. The zero-order chi connectivity index (χ0) is 25.1. The fourth-order valence-corrected chi connectivity index (χ4v) is 4.81. The first-order chi connectivity index (χ1) is 16.8. The summed E-state index contributed by atoms with van der Waals surface area (Å²) >= 11 is 7.08. The molecule has 2 aromatic carbocycles. The first-order valence-corrected chi connectivity index (χ1v) is 11.8. The van der Waals surface area contributed by atoms with Crippen LogP contribution in [0.3, 0.4) is 0 Å². The first-order valence-electron chi connectivity index (χ1n) is 10.5. The number of rotatable bonds is 6. The quantitative estimate of drug-likeness (QED) is 0.418. The van der Waals surface area contributed by atoms with Gasteiger partial charge in [-0.3, -0.25) is 4.79 Å². The molecule has 3 amide bonds. The number of nitrogens with zero attached hydrogens (tertiary/aromatic N) is 1. The number of benzene rings is 2. The van der Waals surface area contributed by atoms with Crippen LogP contribution in [0.4, 0.5) is 20.6 Å². The van der Waals surface area contributed by atoms with Crippen LogP contribution in [0, 0.1) is 5.82 Å². The molecule has 0 radical (unpaired) electrons. The highest BCUT2D eigenvalue weighted by Crippen LogP contribution is 2.31. The number of hydrogen-bond donors (Lipinski definition) is 3. The minimum atomic E-state index is -1.11. The summed E-state index contributed by atoms with van der Waals surface area (Å²) in [5.41, 5.74) is 1.27. The summed E-state index contributed by atoms with van der Waals surface area (Å²) < 4.78 is 20.2. The van der Waals surface area contributed by atoms with E-state index < -0.39 is 29.8 Å². The molecule has 1 saturated heterocycles. The Hall–Kier alpha value is -3.47. The number of aromatic carboxylic acids is 1. The van der Waals surface area contributed by atoms with Gasteiger partial charge in [-0.05, 0) is 47.3 Å². The van der Waals surface area contributed by atoms with E-state index in [9.17, 15) is 23.9 Å². The number of anilines is 2. The molecule has 11 heteroatoms. The standard InChI is InChI=1S/C24H21ClFN3O5S/c1-34-16-9-21(29(10-16)24(33)27-15-5-3-14(25)4-6-15)22(30)28-20-7-2-13(8-19(20)26)17-11-35-12-18(17)23(31)32/h2-8,11-12,16,21H,9-10H2,1H3,(H,27,33)(H,28,30)(H,31,32). The van der Waals surface area contributed by atoms with Crippen LogP contribution in [0.15, 0.2) is 53.2 Å². The summed E-state index contributed by atoms with van der Waals surface area (Å²) in [4.78, 5) is 38.6. The molecule has 0 spiro atoms. The van der Waals surface area contributed by atoms with Gasteiger partial charge in [-0.25, -0.2) is 14.0 Å². The summed E-state index contributed by atoms with van der Waals surface area (Å²) in [5.74, 6) is -2.40. The molecular formula is C24H21ClFN3O5S. The fraction of sp³-hybridized carbons (Fsp3) is 0.208. The molecule has 0 saturated carbocycles. The maximum Gasteiger partial charge on any atom is 0.337 e. The summed E-state index contributed by atoms with van der Waals surface area (Å²) in [6.07, 6.45) is -0.116. The van der Waals surface area contributed by atoms with Gasteiger partial charge in [0.2, 0.25) is 5.91 Å². The zero-order valence-electron chi connectivity index (χ0n) is 18.5.